The highest BCUT2D eigenvalue weighted by Gasteiger charge is 2.37. The molecule has 2 rings (SSSR count). The van der Waals surface area contributed by atoms with Crippen molar-refractivity contribution in [1.82, 2.24) is 10.3 Å². The van der Waals surface area contributed by atoms with Crippen LogP contribution in [0.25, 0.3) is 0 Å². The Balaban J connectivity index is 2.23. The molecule has 0 aliphatic carbocycles. The molecular weight excluding hydrogens is 245 g/mol. The van der Waals surface area contributed by atoms with Gasteiger partial charge in [0, 0.05) is 12.6 Å². The van der Waals surface area contributed by atoms with Crippen LogP contribution in [0.1, 0.15) is 24.1 Å². The van der Waals surface area contributed by atoms with Crippen molar-refractivity contribution in [2.75, 3.05) is 13.1 Å². The maximum absolute atomic E-state index is 12.8. The van der Waals surface area contributed by atoms with E-state index in [1.54, 1.807) is 0 Å². The van der Waals surface area contributed by atoms with Crippen molar-refractivity contribution in [1.29, 1.82) is 0 Å². The molecule has 0 spiro atoms. The van der Waals surface area contributed by atoms with Gasteiger partial charge in [-0.3, -0.25) is 4.98 Å². The van der Waals surface area contributed by atoms with Gasteiger partial charge in [0.25, 0.3) is 0 Å². The molecule has 2 heterocycles. The molecule has 18 heavy (non-hydrogen) atoms. The number of aliphatic hydroxyl groups is 1. The Hall–Kier alpha value is -1.14. The molecule has 0 radical (unpaired) electrons. The van der Waals surface area contributed by atoms with Crippen molar-refractivity contribution in [3.63, 3.8) is 0 Å². The van der Waals surface area contributed by atoms with E-state index in [9.17, 15) is 18.3 Å². The first-order valence-electron chi connectivity index (χ1n) is 5.85. The number of halogens is 3. The van der Waals surface area contributed by atoms with Crippen LogP contribution in [0.4, 0.5) is 13.2 Å². The van der Waals surface area contributed by atoms with Crippen LogP contribution >= 0.6 is 0 Å². The number of hydrogen-bond donors (Lipinski definition) is 2. The van der Waals surface area contributed by atoms with E-state index in [-0.39, 0.29) is 12.1 Å². The fraction of sp³-hybridized carbons (Fsp3) is 0.583. The average molecular weight is 260 g/mol. The van der Waals surface area contributed by atoms with Crippen LogP contribution in [0.5, 0.6) is 0 Å². The van der Waals surface area contributed by atoms with Crippen molar-refractivity contribution >= 4 is 0 Å². The lowest BCUT2D eigenvalue weighted by Gasteiger charge is -2.32. The highest BCUT2D eigenvalue weighted by Crippen LogP contribution is 2.33. The van der Waals surface area contributed by atoms with E-state index in [0.29, 0.717) is 25.9 Å². The highest BCUT2D eigenvalue weighted by atomic mass is 19.4. The molecule has 1 saturated heterocycles. The van der Waals surface area contributed by atoms with Crippen LogP contribution in [0.3, 0.4) is 0 Å². The van der Waals surface area contributed by atoms with Gasteiger partial charge in [-0.05, 0) is 38.1 Å². The fourth-order valence-electron chi connectivity index (χ4n) is 2.22. The van der Waals surface area contributed by atoms with Crippen molar-refractivity contribution in [3.05, 3.63) is 29.6 Å². The van der Waals surface area contributed by atoms with Crippen LogP contribution in [0.2, 0.25) is 0 Å². The van der Waals surface area contributed by atoms with Crippen molar-refractivity contribution in [3.8, 4) is 0 Å². The summed E-state index contributed by atoms with van der Waals surface area (Å²) in [6.45, 7) is 1.23. The average Bonchev–Trinajstić information content (AvgIpc) is 2.28. The number of pyridine rings is 1. The van der Waals surface area contributed by atoms with Gasteiger partial charge in [-0.2, -0.15) is 13.2 Å². The van der Waals surface area contributed by atoms with Gasteiger partial charge in [-0.1, -0.05) is 0 Å². The maximum Gasteiger partial charge on any atom is 0.418 e. The van der Waals surface area contributed by atoms with E-state index < -0.39 is 17.3 Å². The minimum Gasteiger partial charge on any atom is -0.389 e. The number of rotatable bonds is 2. The molecule has 0 unspecified atom stereocenters. The van der Waals surface area contributed by atoms with Crippen molar-refractivity contribution in [2.24, 2.45) is 0 Å². The van der Waals surface area contributed by atoms with Crippen LogP contribution in [-0.4, -0.2) is 28.8 Å². The summed E-state index contributed by atoms with van der Waals surface area (Å²) in [5, 5.41) is 13.3. The Labute approximate surface area is 103 Å². The number of alkyl halides is 3. The van der Waals surface area contributed by atoms with Crippen LogP contribution in [-0.2, 0) is 12.6 Å². The summed E-state index contributed by atoms with van der Waals surface area (Å²) in [4.78, 5) is 3.78. The first kappa shape index (κ1) is 13.3. The summed E-state index contributed by atoms with van der Waals surface area (Å²) in [7, 11) is 0. The van der Waals surface area contributed by atoms with Gasteiger partial charge in [-0.25, -0.2) is 0 Å². The molecule has 1 aliphatic heterocycles. The molecule has 6 heteroatoms. The number of hydrogen-bond acceptors (Lipinski definition) is 3. The quantitative estimate of drug-likeness (QED) is 0.851. The lowest BCUT2D eigenvalue weighted by atomic mass is 9.86. The fourth-order valence-corrected chi connectivity index (χ4v) is 2.22. The van der Waals surface area contributed by atoms with Gasteiger partial charge in [0.2, 0.25) is 0 Å². The minimum atomic E-state index is -4.42. The molecule has 0 aromatic carbocycles. The predicted octanol–water partition coefficient (Wildman–Crippen LogP) is 1.76. The minimum absolute atomic E-state index is 0.0512. The smallest absolute Gasteiger partial charge is 0.389 e. The SMILES string of the molecule is OC1(Cc2ncccc2C(F)(F)F)CCNCC1. The Morgan fingerprint density at radius 3 is 2.61 bits per heavy atom. The topological polar surface area (TPSA) is 45.2 Å². The summed E-state index contributed by atoms with van der Waals surface area (Å²) in [5.74, 6) is 0. The Morgan fingerprint density at radius 2 is 2.00 bits per heavy atom. The van der Waals surface area contributed by atoms with Crippen LogP contribution < -0.4 is 5.32 Å². The van der Waals surface area contributed by atoms with Gasteiger partial charge >= 0.3 is 6.18 Å². The maximum atomic E-state index is 12.8. The third-order valence-electron chi connectivity index (χ3n) is 3.23. The molecule has 1 fully saturated rings. The summed E-state index contributed by atoms with van der Waals surface area (Å²) < 4.78 is 38.4. The number of nitrogens with zero attached hydrogens (tertiary/aromatic N) is 1. The lowest BCUT2D eigenvalue weighted by Crippen LogP contribution is -2.43. The summed E-state index contributed by atoms with van der Waals surface area (Å²) in [5.41, 5.74) is -1.91. The molecule has 1 aromatic rings. The number of nitrogens with one attached hydrogen (secondary N) is 1. The molecule has 1 aliphatic rings. The second-order valence-corrected chi connectivity index (χ2v) is 4.65. The standard InChI is InChI=1S/C12H15F3N2O/c13-12(14,15)9-2-1-5-17-10(9)8-11(18)3-6-16-7-4-11/h1-2,5,16,18H,3-4,6-8H2. The zero-order valence-corrected chi connectivity index (χ0v) is 9.80. The van der Waals surface area contributed by atoms with Crippen LogP contribution in [0.15, 0.2) is 18.3 Å². The molecule has 3 nitrogen and oxygen atoms in total. The monoisotopic (exact) mass is 260 g/mol. The Bertz CT molecular complexity index is 414. The highest BCUT2D eigenvalue weighted by molar-refractivity contribution is 5.24. The van der Waals surface area contributed by atoms with Crippen molar-refractivity contribution < 1.29 is 18.3 Å². The summed E-state index contributed by atoms with van der Waals surface area (Å²) in [6.07, 6.45) is -2.26. The number of aromatic nitrogens is 1. The normalized spacial score (nSPS) is 19.8. The third-order valence-corrected chi connectivity index (χ3v) is 3.23. The largest absolute Gasteiger partial charge is 0.418 e. The van der Waals surface area contributed by atoms with E-state index in [2.05, 4.69) is 10.3 Å². The zero-order valence-electron chi connectivity index (χ0n) is 9.80. The molecule has 100 valence electrons. The Morgan fingerprint density at radius 1 is 1.33 bits per heavy atom. The summed E-state index contributed by atoms with van der Waals surface area (Å²) in [6, 6.07) is 2.27. The van der Waals surface area contributed by atoms with E-state index in [1.807, 2.05) is 0 Å². The second-order valence-electron chi connectivity index (χ2n) is 4.65. The van der Waals surface area contributed by atoms with Gasteiger partial charge in [0.15, 0.2) is 0 Å². The molecule has 0 atom stereocenters. The van der Waals surface area contributed by atoms with E-state index >= 15 is 0 Å². The zero-order chi connectivity index (χ0) is 13.2. The number of piperidine rings is 1. The molecule has 1 aromatic heterocycles. The lowest BCUT2D eigenvalue weighted by molar-refractivity contribution is -0.139. The third kappa shape index (κ3) is 3.00. The molecular formula is C12H15F3N2O. The molecule has 2 N–H and O–H groups in total. The van der Waals surface area contributed by atoms with E-state index in [4.69, 9.17) is 0 Å². The Kier molecular flexibility index (Phi) is 3.59. The first-order valence-corrected chi connectivity index (χ1v) is 5.85. The second kappa shape index (κ2) is 4.85. The van der Waals surface area contributed by atoms with Gasteiger partial charge < -0.3 is 10.4 Å². The van der Waals surface area contributed by atoms with E-state index in [1.165, 1.54) is 12.3 Å². The summed E-state index contributed by atoms with van der Waals surface area (Å²) >= 11 is 0. The van der Waals surface area contributed by atoms with E-state index in [0.717, 1.165) is 6.07 Å². The van der Waals surface area contributed by atoms with Crippen LogP contribution in [0, 0.1) is 0 Å². The molecule has 0 bridgehead atoms. The first-order chi connectivity index (χ1) is 8.41. The molecule has 0 saturated carbocycles. The van der Waals surface area contributed by atoms with Crippen molar-refractivity contribution in [2.45, 2.75) is 31.0 Å². The van der Waals surface area contributed by atoms with Gasteiger partial charge in [0.1, 0.15) is 0 Å². The van der Waals surface area contributed by atoms with Gasteiger partial charge in [0.05, 0.1) is 16.9 Å². The van der Waals surface area contributed by atoms with Gasteiger partial charge in [-0.15, -0.1) is 0 Å². The molecule has 0 amide bonds. The predicted molar refractivity (Wildman–Crippen MR) is 60.0 cm³/mol.